The first kappa shape index (κ1) is 22.4. The summed E-state index contributed by atoms with van der Waals surface area (Å²) in [5.41, 5.74) is -0.363. The number of halogens is 2. The molecule has 2 saturated carbocycles. The minimum atomic E-state index is -0.959. The third-order valence-corrected chi connectivity index (χ3v) is 7.50. The first-order chi connectivity index (χ1) is 13.7. The number of carbonyl (C=O) groups is 1. The normalized spacial score (nSPS) is 28.3. The molecule has 0 saturated heterocycles. The third kappa shape index (κ3) is 5.09. The van der Waals surface area contributed by atoms with E-state index in [1.54, 1.807) is 26.8 Å². The molecule has 0 aromatic heterocycles. The lowest BCUT2D eigenvalue weighted by molar-refractivity contribution is 0.0852. The Bertz CT molecular complexity index is 702. The largest absolute Gasteiger partial charge is 0.293 e. The Morgan fingerprint density at radius 2 is 1.45 bits per heavy atom. The number of benzene rings is 1. The average Bonchev–Trinajstić information content (AvgIpc) is 2.70. The molecule has 3 rings (SSSR count). The molecule has 0 atom stereocenters. The van der Waals surface area contributed by atoms with E-state index in [0.29, 0.717) is 5.56 Å². The average molecular weight is 405 g/mol. The van der Waals surface area contributed by atoms with Crippen LogP contribution in [0.4, 0.5) is 8.78 Å². The van der Waals surface area contributed by atoms with E-state index in [1.807, 2.05) is 0 Å². The van der Waals surface area contributed by atoms with Gasteiger partial charge in [0.2, 0.25) is 0 Å². The van der Waals surface area contributed by atoms with Crippen molar-refractivity contribution in [2.75, 3.05) is 0 Å². The number of hydrogen-bond donors (Lipinski definition) is 0. The van der Waals surface area contributed by atoms with Gasteiger partial charge in [-0.15, -0.1) is 0 Å². The lowest BCUT2D eigenvalue weighted by Crippen LogP contribution is -2.26. The van der Waals surface area contributed by atoms with Crippen molar-refractivity contribution in [3.63, 3.8) is 0 Å². The van der Waals surface area contributed by atoms with Gasteiger partial charge in [0.1, 0.15) is 0 Å². The lowest BCUT2D eigenvalue weighted by atomic mass is 9.68. The molecule has 0 unspecified atom stereocenters. The van der Waals surface area contributed by atoms with E-state index in [2.05, 4.69) is 6.92 Å². The summed E-state index contributed by atoms with van der Waals surface area (Å²) in [4.78, 5) is 12.4. The first-order valence-corrected chi connectivity index (χ1v) is 11.7. The molecule has 2 aliphatic rings. The van der Waals surface area contributed by atoms with E-state index >= 15 is 0 Å². The molecule has 2 aliphatic carbocycles. The summed E-state index contributed by atoms with van der Waals surface area (Å²) >= 11 is 0. The van der Waals surface area contributed by atoms with Crippen molar-refractivity contribution in [2.45, 2.75) is 97.8 Å². The van der Waals surface area contributed by atoms with Crippen molar-refractivity contribution in [1.82, 2.24) is 0 Å². The van der Waals surface area contributed by atoms with Crippen molar-refractivity contribution >= 4 is 5.78 Å². The number of carbonyl (C=O) groups excluding carboxylic acids is 1. The van der Waals surface area contributed by atoms with Crippen LogP contribution < -0.4 is 0 Å². The standard InChI is InChI=1S/C26H38F2O/c1-5-6-17-7-9-18(10-8-17)19-11-13-20(14-12-19)21-15-16-22(24(28)23(21)27)25(29)26(2,3)4/h15-20H,5-14H2,1-4H3. The fourth-order valence-corrected chi connectivity index (χ4v) is 5.72. The minimum Gasteiger partial charge on any atom is -0.293 e. The zero-order valence-electron chi connectivity index (χ0n) is 18.7. The van der Waals surface area contributed by atoms with Gasteiger partial charge >= 0.3 is 0 Å². The predicted molar refractivity (Wildman–Crippen MR) is 115 cm³/mol. The quantitative estimate of drug-likeness (QED) is 0.453. The summed E-state index contributed by atoms with van der Waals surface area (Å²) in [7, 11) is 0. The monoisotopic (exact) mass is 404 g/mol. The first-order valence-electron chi connectivity index (χ1n) is 11.7. The number of rotatable bonds is 5. The van der Waals surface area contributed by atoms with Crippen LogP contribution in [0.1, 0.15) is 114 Å². The molecular formula is C26H38F2O. The smallest absolute Gasteiger partial charge is 0.171 e. The molecule has 0 amide bonds. The highest BCUT2D eigenvalue weighted by Crippen LogP contribution is 2.45. The van der Waals surface area contributed by atoms with Gasteiger partial charge in [0, 0.05) is 5.41 Å². The fraction of sp³-hybridized carbons (Fsp3) is 0.731. The van der Waals surface area contributed by atoms with Gasteiger partial charge in [0.25, 0.3) is 0 Å². The van der Waals surface area contributed by atoms with Crippen LogP contribution in [0, 0.1) is 34.8 Å². The van der Waals surface area contributed by atoms with E-state index in [9.17, 15) is 13.6 Å². The predicted octanol–water partition coefficient (Wildman–Crippen LogP) is 8.07. The zero-order valence-corrected chi connectivity index (χ0v) is 18.7. The molecule has 0 radical (unpaired) electrons. The highest BCUT2D eigenvalue weighted by atomic mass is 19.2. The Morgan fingerprint density at radius 3 is 1.97 bits per heavy atom. The van der Waals surface area contributed by atoms with E-state index < -0.39 is 17.0 Å². The fourth-order valence-electron chi connectivity index (χ4n) is 5.72. The second-order valence-corrected chi connectivity index (χ2v) is 10.6. The van der Waals surface area contributed by atoms with Gasteiger partial charge in [-0.2, -0.15) is 0 Å². The summed E-state index contributed by atoms with van der Waals surface area (Å²) in [5.74, 6) is 0.487. The van der Waals surface area contributed by atoms with E-state index in [1.165, 1.54) is 44.6 Å². The molecule has 2 fully saturated rings. The molecule has 0 bridgehead atoms. The molecule has 162 valence electrons. The van der Waals surface area contributed by atoms with Crippen molar-refractivity contribution in [2.24, 2.45) is 23.2 Å². The third-order valence-electron chi connectivity index (χ3n) is 7.50. The Morgan fingerprint density at radius 1 is 0.897 bits per heavy atom. The maximum atomic E-state index is 14.8. The molecule has 0 N–H and O–H groups in total. The van der Waals surface area contributed by atoms with E-state index in [0.717, 1.165) is 43.4 Å². The number of hydrogen-bond acceptors (Lipinski definition) is 1. The van der Waals surface area contributed by atoms with Crippen molar-refractivity contribution in [1.29, 1.82) is 0 Å². The van der Waals surface area contributed by atoms with Gasteiger partial charge in [0.05, 0.1) is 5.56 Å². The molecule has 1 nitrogen and oxygen atoms in total. The summed E-state index contributed by atoms with van der Waals surface area (Å²) in [6, 6.07) is 3.17. The van der Waals surface area contributed by atoms with Crippen LogP contribution in [-0.2, 0) is 0 Å². The van der Waals surface area contributed by atoms with E-state index in [-0.39, 0.29) is 17.3 Å². The van der Waals surface area contributed by atoms with Crippen LogP contribution in [-0.4, -0.2) is 5.78 Å². The second kappa shape index (κ2) is 9.27. The maximum Gasteiger partial charge on any atom is 0.171 e. The SMILES string of the molecule is CCCC1CCC(C2CCC(c3ccc(C(=O)C(C)(C)C)c(F)c3F)CC2)CC1. The summed E-state index contributed by atoms with van der Waals surface area (Å²) in [6.07, 6.45) is 12.2. The summed E-state index contributed by atoms with van der Waals surface area (Å²) in [6.45, 7) is 7.48. The molecule has 29 heavy (non-hydrogen) atoms. The molecule has 1 aromatic rings. The van der Waals surface area contributed by atoms with Gasteiger partial charge in [-0.1, -0.05) is 59.4 Å². The summed E-state index contributed by atoms with van der Waals surface area (Å²) < 4.78 is 29.5. The topological polar surface area (TPSA) is 17.1 Å². The van der Waals surface area contributed by atoms with Crippen molar-refractivity contribution in [3.05, 3.63) is 34.9 Å². The molecule has 1 aromatic carbocycles. The van der Waals surface area contributed by atoms with Crippen molar-refractivity contribution < 1.29 is 13.6 Å². The summed E-state index contributed by atoms with van der Waals surface area (Å²) in [5, 5.41) is 0. The Hall–Kier alpha value is -1.25. The van der Waals surface area contributed by atoms with Crippen LogP contribution in [0.2, 0.25) is 0 Å². The Labute approximate surface area is 175 Å². The molecule has 3 heteroatoms. The van der Waals surface area contributed by atoms with Gasteiger partial charge in [-0.3, -0.25) is 4.79 Å². The highest BCUT2D eigenvalue weighted by Gasteiger charge is 2.33. The zero-order chi connectivity index (χ0) is 21.2. The van der Waals surface area contributed by atoms with Gasteiger partial charge in [-0.25, -0.2) is 8.78 Å². The van der Waals surface area contributed by atoms with E-state index in [4.69, 9.17) is 0 Å². The van der Waals surface area contributed by atoms with Crippen LogP contribution >= 0.6 is 0 Å². The Kier molecular flexibility index (Phi) is 7.17. The molecular weight excluding hydrogens is 366 g/mol. The molecule has 0 heterocycles. The minimum absolute atomic E-state index is 0.0796. The van der Waals surface area contributed by atoms with Crippen molar-refractivity contribution in [3.8, 4) is 0 Å². The van der Waals surface area contributed by atoms with Gasteiger partial charge in [-0.05, 0) is 73.8 Å². The van der Waals surface area contributed by atoms with Crippen LogP contribution in [0.15, 0.2) is 12.1 Å². The van der Waals surface area contributed by atoms with Crippen LogP contribution in [0.3, 0.4) is 0 Å². The highest BCUT2D eigenvalue weighted by molar-refractivity contribution is 6.00. The number of ketones is 1. The van der Waals surface area contributed by atoms with Gasteiger partial charge in [0.15, 0.2) is 17.4 Å². The second-order valence-electron chi connectivity index (χ2n) is 10.6. The maximum absolute atomic E-state index is 14.8. The molecule has 0 spiro atoms. The van der Waals surface area contributed by atoms with Crippen LogP contribution in [0.25, 0.3) is 0 Å². The van der Waals surface area contributed by atoms with Crippen LogP contribution in [0.5, 0.6) is 0 Å². The molecule has 0 aliphatic heterocycles. The number of Topliss-reactive ketones (excluding diaryl/α,β-unsaturated/α-hetero) is 1. The lowest BCUT2D eigenvalue weighted by Gasteiger charge is -2.38. The Balaban J connectivity index is 1.61. The van der Waals surface area contributed by atoms with Gasteiger partial charge < -0.3 is 0 Å².